The van der Waals surface area contributed by atoms with Crippen molar-refractivity contribution >= 4 is 12.0 Å². The lowest BCUT2D eigenvalue weighted by Crippen LogP contribution is -2.12. The molecule has 3 aromatic rings. The van der Waals surface area contributed by atoms with Gasteiger partial charge in [0.1, 0.15) is 6.04 Å². The van der Waals surface area contributed by atoms with E-state index < -0.39 is 11.6 Å². The number of hydrogen-bond donors (Lipinski definition) is 2. The Balaban J connectivity index is 1.52. The molecule has 2 N–H and O–H groups in total. The number of H-pyrrole nitrogens is 1. The minimum Gasteiger partial charge on any atom is -0.366 e. The molecule has 0 radical (unpaired) electrons. The minimum absolute atomic E-state index is 0.321. The molecule has 6 heteroatoms. The molecule has 4 rings (SSSR count). The van der Waals surface area contributed by atoms with E-state index in [0.29, 0.717) is 16.8 Å². The Kier molecular flexibility index (Phi) is 5.36. The first-order valence-corrected chi connectivity index (χ1v) is 9.07. The first kappa shape index (κ1) is 18.5. The molecule has 1 aliphatic heterocycles. The fourth-order valence-electron chi connectivity index (χ4n) is 3.07. The van der Waals surface area contributed by atoms with Gasteiger partial charge >= 0.3 is 11.6 Å². The number of benzene rings is 2. The molecule has 144 valence electrons. The Bertz CT molecular complexity index is 1140. The zero-order valence-electron chi connectivity index (χ0n) is 15.4. The van der Waals surface area contributed by atoms with Crippen molar-refractivity contribution < 1.29 is 14.2 Å². The van der Waals surface area contributed by atoms with Crippen LogP contribution in [-0.4, -0.2) is 11.1 Å². The molecule has 0 aliphatic carbocycles. The lowest BCUT2D eigenvalue weighted by Gasteiger charge is -2.07. The van der Waals surface area contributed by atoms with E-state index in [9.17, 15) is 9.59 Å². The maximum Gasteiger partial charge on any atom is 0.365 e. The maximum absolute atomic E-state index is 12.0. The molecule has 1 atom stereocenters. The summed E-state index contributed by atoms with van der Waals surface area (Å²) in [7, 11) is 0. The van der Waals surface area contributed by atoms with E-state index in [0.717, 1.165) is 11.1 Å². The normalized spacial score (nSPS) is 18.1. The summed E-state index contributed by atoms with van der Waals surface area (Å²) in [6.07, 6.45) is 8.55. The summed E-state index contributed by atoms with van der Waals surface area (Å²) in [5.41, 5.74) is 5.64. The predicted molar refractivity (Wildman–Crippen MR) is 109 cm³/mol. The fraction of sp³-hybridized carbons (Fsp3) is 0.0435. The van der Waals surface area contributed by atoms with Crippen LogP contribution in [0.1, 0.15) is 17.2 Å². The number of rotatable bonds is 5. The molecule has 6 nitrogen and oxygen atoms in total. The molecule has 1 aliphatic rings. The number of aromatic amines is 1. The molecule has 0 amide bonds. The molecule has 1 unspecified atom stereocenters. The first-order chi connectivity index (χ1) is 14.2. The van der Waals surface area contributed by atoms with Crippen LogP contribution in [0, 0.1) is 0 Å². The van der Waals surface area contributed by atoms with Crippen LogP contribution in [0.4, 0.5) is 0 Å². The van der Waals surface area contributed by atoms with E-state index in [2.05, 4.69) is 10.6 Å². The van der Waals surface area contributed by atoms with Crippen molar-refractivity contribution in [3.63, 3.8) is 0 Å². The van der Waals surface area contributed by atoms with Gasteiger partial charge in [0.05, 0.1) is 16.8 Å². The second-order valence-corrected chi connectivity index (χ2v) is 6.36. The molecular weight excluding hydrogens is 368 g/mol. The zero-order chi connectivity index (χ0) is 20.1. The van der Waals surface area contributed by atoms with Crippen molar-refractivity contribution in [2.45, 2.75) is 6.04 Å². The predicted octanol–water partition coefficient (Wildman–Crippen LogP) is 3.93. The Morgan fingerprint density at radius 1 is 0.862 bits per heavy atom. The van der Waals surface area contributed by atoms with Gasteiger partial charge in [-0.05, 0) is 17.7 Å². The fourth-order valence-corrected chi connectivity index (χ4v) is 3.07. The van der Waals surface area contributed by atoms with Crippen molar-refractivity contribution in [2.75, 3.05) is 0 Å². The van der Waals surface area contributed by atoms with Crippen LogP contribution in [0.3, 0.4) is 0 Å². The molecule has 0 spiro atoms. The summed E-state index contributed by atoms with van der Waals surface area (Å²) in [5.74, 6) is -0.412. The lowest BCUT2D eigenvalue weighted by atomic mass is 10.00. The van der Waals surface area contributed by atoms with E-state index in [1.807, 2.05) is 60.7 Å². The highest BCUT2D eigenvalue weighted by molar-refractivity contribution is 5.92. The molecular formula is C23H18N2O4. The van der Waals surface area contributed by atoms with Crippen LogP contribution in [0.2, 0.25) is 0 Å². The van der Waals surface area contributed by atoms with Gasteiger partial charge < -0.3 is 9.36 Å². The van der Waals surface area contributed by atoms with Gasteiger partial charge in [0, 0.05) is 5.56 Å². The Morgan fingerprint density at radius 2 is 1.59 bits per heavy atom. The van der Waals surface area contributed by atoms with Gasteiger partial charge in [-0.1, -0.05) is 78.9 Å². The third kappa shape index (κ3) is 4.02. The SMILES string of the molecule is O=C1ONC(c2ccccc2)C1=CC=CC=Cc1c(-c2ccccc2)[nH]oc1=O. The van der Waals surface area contributed by atoms with Crippen molar-refractivity contribution in [2.24, 2.45) is 0 Å². The highest BCUT2D eigenvalue weighted by atomic mass is 16.7. The van der Waals surface area contributed by atoms with Gasteiger partial charge in [0.2, 0.25) is 0 Å². The monoisotopic (exact) mass is 386 g/mol. The number of carbonyl (C=O) groups is 1. The quantitative estimate of drug-likeness (QED) is 0.513. The van der Waals surface area contributed by atoms with Crippen LogP contribution in [0.5, 0.6) is 0 Å². The Hall–Kier alpha value is -3.90. The van der Waals surface area contributed by atoms with E-state index in [1.165, 1.54) is 0 Å². The number of hydroxylamine groups is 1. The number of nitrogens with one attached hydrogen (secondary N) is 2. The number of carbonyl (C=O) groups excluding carboxylic acids is 1. The number of allylic oxidation sites excluding steroid dienone is 4. The summed E-state index contributed by atoms with van der Waals surface area (Å²) in [6.45, 7) is 0. The minimum atomic E-state index is -0.445. The average Bonchev–Trinajstić information content (AvgIpc) is 3.32. The largest absolute Gasteiger partial charge is 0.366 e. The molecule has 29 heavy (non-hydrogen) atoms. The standard InChI is InChI=1S/C23H18N2O4/c26-22-18(20(24-28-22)16-10-4-1-5-11-16)14-8-3-9-15-19-21(25-29-23(19)27)17-12-6-2-7-13-17/h1-15,20,24-25H. The topological polar surface area (TPSA) is 84.3 Å². The summed E-state index contributed by atoms with van der Waals surface area (Å²) in [6, 6.07) is 18.7. The van der Waals surface area contributed by atoms with Crippen molar-refractivity contribution in [1.82, 2.24) is 10.6 Å². The van der Waals surface area contributed by atoms with Crippen LogP contribution in [0.15, 0.2) is 99.9 Å². The second-order valence-electron chi connectivity index (χ2n) is 6.36. The molecule has 1 fully saturated rings. The van der Waals surface area contributed by atoms with Crippen LogP contribution in [0.25, 0.3) is 17.3 Å². The third-order valence-corrected chi connectivity index (χ3v) is 4.51. The van der Waals surface area contributed by atoms with Crippen LogP contribution < -0.4 is 11.1 Å². The average molecular weight is 386 g/mol. The summed E-state index contributed by atoms with van der Waals surface area (Å²) in [5, 5.41) is 2.66. The smallest absolute Gasteiger partial charge is 0.365 e. The molecule has 1 saturated heterocycles. The van der Waals surface area contributed by atoms with Gasteiger partial charge in [-0.3, -0.25) is 0 Å². The second kappa shape index (κ2) is 8.41. The van der Waals surface area contributed by atoms with Crippen molar-refractivity contribution in [1.29, 1.82) is 0 Å². The molecule has 0 bridgehead atoms. The highest BCUT2D eigenvalue weighted by Crippen LogP contribution is 2.27. The number of hydrogen-bond acceptors (Lipinski definition) is 5. The molecule has 1 aromatic heterocycles. The lowest BCUT2D eigenvalue weighted by molar-refractivity contribution is -0.140. The third-order valence-electron chi connectivity index (χ3n) is 4.51. The zero-order valence-corrected chi connectivity index (χ0v) is 15.4. The Morgan fingerprint density at radius 3 is 2.34 bits per heavy atom. The van der Waals surface area contributed by atoms with Gasteiger partial charge in [-0.2, -0.15) is 0 Å². The van der Waals surface area contributed by atoms with Crippen molar-refractivity contribution in [3.8, 4) is 11.3 Å². The van der Waals surface area contributed by atoms with Gasteiger partial charge in [-0.15, -0.1) is 5.48 Å². The van der Waals surface area contributed by atoms with E-state index >= 15 is 0 Å². The molecule has 2 aromatic carbocycles. The summed E-state index contributed by atoms with van der Waals surface area (Å²) >= 11 is 0. The highest BCUT2D eigenvalue weighted by Gasteiger charge is 2.31. The Labute approximate surface area is 166 Å². The molecule has 2 heterocycles. The summed E-state index contributed by atoms with van der Waals surface area (Å²) in [4.78, 5) is 28.9. The van der Waals surface area contributed by atoms with E-state index in [1.54, 1.807) is 30.4 Å². The van der Waals surface area contributed by atoms with Gasteiger partial charge in [-0.25, -0.2) is 14.7 Å². The maximum atomic E-state index is 12.0. The number of aromatic nitrogens is 1. The van der Waals surface area contributed by atoms with E-state index in [4.69, 9.17) is 9.36 Å². The van der Waals surface area contributed by atoms with Crippen LogP contribution >= 0.6 is 0 Å². The van der Waals surface area contributed by atoms with Gasteiger partial charge in [0.15, 0.2) is 0 Å². The summed E-state index contributed by atoms with van der Waals surface area (Å²) < 4.78 is 4.93. The van der Waals surface area contributed by atoms with Crippen LogP contribution in [-0.2, 0) is 9.63 Å². The van der Waals surface area contributed by atoms with Crippen molar-refractivity contribution in [3.05, 3.63) is 112 Å². The van der Waals surface area contributed by atoms with Gasteiger partial charge in [0.25, 0.3) is 0 Å². The first-order valence-electron chi connectivity index (χ1n) is 9.07. The molecule has 0 saturated carbocycles. The van der Waals surface area contributed by atoms with E-state index in [-0.39, 0.29) is 6.04 Å².